The van der Waals surface area contributed by atoms with Crippen molar-refractivity contribution in [3.8, 4) is 5.69 Å². The van der Waals surface area contributed by atoms with Crippen LogP contribution in [-0.4, -0.2) is 26.4 Å². The van der Waals surface area contributed by atoms with E-state index >= 15 is 0 Å². The van der Waals surface area contributed by atoms with Crippen molar-refractivity contribution in [2.45, 2.75) is 20.8 Å². The molecular formula is C23H20FN5O. The fourth-order valence-corrected chi connectivity index (χ4v) is 3.29. The van der Waals surface area contributed by atoms with Crippen LogP contribution in [-0.2, 0) is 0 Å². The molecule has 0 spiro atoms. The maximum atomic E-state index is 13.1. The van der Waals surface area contributed by atoms with Gasteiger partial charge < -0.3 is 0 Å². The number of para-hydroxylation sites is 1. The number of carbonyl (C=O) groups excluding carboxylic acids is 1. The smallest absolute Gasteiger partial charge is 0.267 e. The van der Waals surface area contributed by atoms with Crippen LogP contribution in [0.3, 0.4) is 0 Å². The van der Waals surface area contributed by atoms with E-state index in [1.165, 1.54) is 12.1 Å². The van der Waals surface area contributed by atoms with Crippen LogP contribution in [0.1, 0.15) is 34.2 Å². The summed E-state index contributed by atoms with van der Waals surface area (Å²) < 4.78 is 14.8. The second-order valence-electron chi connectivity index (χ2n) is 6.99. The number of aryl methyl sites for hydroxylation is 2. The van der Waals surface area contributed by atoms with Gasteiger partial charge in [0.2, 0.25) is 0 Å². The Labute approximate surface area is 173 Å². The van der Waals surface area contributed by atoms with Gasteiger partial charge in [0.15, 0.2) is 5.65 Å². The number of benzene rings is 2. The number of hydrogen-bond acceptors (Lipinski definition) is 4. The van der Waals surface area contributed by atoms with Crippen molar-refractivity contribution in [2.24, 2.45) is 5.10 Å². The van der Waals surface area contributed by atoms with E-state index in [1.54, 1.807) is 29.8 Å². The molecule has 2 aromatic heterocycles. The first-order valence-corrected chi connectivity index (χ1v) is 9.47. The van der Waals surface area contributed by atoms with E-state index in [2.05, 4.69) is 20.6 Å². The normalized spacial score (nSPS) is 11.7. The van der Waals surface area contributed by atoms with Gasteiger partial charge in [-0.2, -0.15) is 10.2 Å². The number of carbonyl (C=O) groups is 1. The molecular weight excluding hydrogens is 381 g/mol. The molecule has 0 saturated heterocycles. The Morgan fingerprint density at radius 2 is 1.77 bits per heavy atom. The molecule has 0 fully saturated rings. The molecule has 150 valence electrons. The Morgan fingerprint density at radius 3 is 2.47 bits per heavy atom. The van der Waals surface area contributed by atoms with E-state index < -0.39 is 0 Å². The molecule has 0 saturated carbocycles. The van der Waals surface area contributed by atoms with E-state index in [4.69, 9.17) is 0 Å². The molecule has 2 heterocycles. The summed E-state index contributed by atoms with van der Waals surface area (Å²) in [4.78, 5) is 17.6. The number of halogens is 1. The minimum atomic E-state index is -0.359. The lowest BCUT2D eigenvalue weighted by Gasteiger charge is -2.07. The van der Waals surface area contributed by atoms with Crippen molar-refractivity contribution in [2.75, 3.05) is 0 Å². The second kappa shape index (κ2) is 7.87. The standard InChI is InChI=1S/C23H20FN5O/c1-14-13-20(23(30)27-26-15(2)17-9-11-18(24)12-10-17)21-16(3)28-29(22(21)25-14)19-7-5-4-6-8-19/h4-13H,1-3H3,(H,27,30)/b26-15-. The van der Waals surface area contributed by atoms with Crippen LogP contribution >= 0.6 is 0 Å². The largest absolute Gasteiger partial charge is 0.272 e. The first-order chi connectivity index (χ1) is 14.4. The third-order valence-electron chi connectivity index (χ3n) is 4.77. The van der Waals surface area contributed by atoms with Gasteiger partial charge in [-0.05, 0) is 56.7 Å². The van der Waals surface area contributed by atoms with Crippen LogP contribution in [0.4, 0.5) is 4.39 Å². The molecule has 0 radical (unpaired) electrons. The van der Waals surface area contributed by atoms with Crippen molar-refractivity contribution in [3.05, 3.63) is 89.0 Å². The van der Waals surface area contributed by atoms with Crippen molar-refractivity contribution >= 4 is 22.7 Å². The van der Waals surface area contributed by atoms with Gasteiger partial charge in [-0.3, -0.25) is 4.79 Å². The Bertz CT molecular complexity index is 1260. The Balaban J connectivity index is 1.72. The maximum absolute atomic E-state index is 13.1. The average Bonchev–Trinajstić information content (AvgIpc) is 3.08. The monoisotopic (exact) mass is 401 g/mol. The molecule has 1 amide bonds. The lowest BCUT2D eigenvalue weighted by molar-refractivity contribution is 0.0956. The van der Waals surface area contributed by atoms with Crippen LogP contribution in [0, 0.1) is 19.7 Å². The highest BCUT2D eigenvalue weighted by Crippen LogP contribution is 2.24. The Kier molecular flexibility index (Phi) is 5.10. The van der Waals surface area contributed by atoms with Gasteiger partial charge >= 0.3 is 0 Å². The van der Waals surface area contributed by atoms with Crippen molar-refractivity contribution < 1.29 is 9.18 Å². The van der Waals surface area contributed by atoms with Crippen LogP contribution in [0.15, 0.2) is 65.8 Å². The third kappa shape index (κ3) is 3.69. The molecule has 4 rings (SSSR count). The summed E-state index contributed by atoms with van der Waals surface area (Å²) in [6.07, 6.45) is 0. The fraction of sp³-hybridized carbons (Fsp3) is 0.130. The topological polar surface area (TPSA) is 72.2 Å². The van der Waals surface area contributed by atoms with Gasteiger partial charge in [0.1, 0.15) is 5.82 Å². The minimum Gasteiger partial charge on any atom is -0.267 e. The molecule has 7 heteroatoms. The Hall–Kier alpha value is -3.87. The second-order valence-corrected chi connectivity index (χ2v) is 6.99. The molecule has 0 atom stereocenters. The summed E-state index contributed by atoms with van der Waals surface area (Å²) in [6, 6.07) is 17.3. The highest BCUT2D eigenvalue weighted by molar-refractivity contribution is 6.07. The predicted molar refractivity (Wildman–Crippen MR) is 114 cm³/mol. The summed E-state index contributed by atoms with van der Waals surface area (Å²) in [6.45, 7) is 5.43. The summed E-state index contributed by atoms with van der Waals surface area (Å²) in [5, 5.41) is 9.45. The number of aromatic nitrogens is 3. The number of amides is 1. The predicted octanol–water partition coefficient (Wildman–Crippen LogP) is 4.33. The van der Waals surface area contributed by atoms with Crippen molar-refractivity contribution in [1.29, 1.82) is 0 Å². The number of fused-ring (bicyclic) bond motifs is 1. The summed E-state index contributed by atoms with van der Waals surface area (Å²) in [5.41, 5.74) is 7.22. The van der Waals surface area contributed by atoms with Gasteiger partial charge in [-0.25, -0.2) is 19.5 Å². The molecule has 2 aromatic carbocycles. The van der Waals surface area contributed by atoms with E-state index in [0.717, 1.165) is 11.3 Å². The number of nitrogens with one attached hydrogen (secondary N) is 1. The van der Waals surface area contributed by atoms with Crippen LogP contribution < -0.4 is 5.43 Å². The number of rotatable bonds is 4. The van der Waals surface area contributed by atoms with E-state index in [0.29, 0.717) is 33.7 Å². The van der Waals surface area contributed by atoms with Gasteiger partial charge in [0, 0.05) is 5.69 Å². The molecule has 0 unspecified atom stereocenters. The van der Waals surface area contributed by atoms with Crippen molar-refractivity contribution in [3.63, 3.8) is 0 Å². The van der Waals surface area contributed by atoms with Gasteiger partial charge in [-0.1, -0.05) is 30.3 Å². The first kappa shape index (κ1) is 19.4. The number of nitrogens with zero attached hydrogens (tertiary/aromatic N) is 4. The lowest BCUT2D eigenvalue weighted by atomic mass is 10.1. The van der Waals surface area contributed by atoms with Crippen LogP contribution in [0.2, 0.25) is 0 Å². The van der Waals surface area contributed by atoms with Crippen LogP contribution in [0.5, 0.6) is 0 Å². The molecule has 1 N–H and O–H groups in total. The fourth-order valence-electron chi connectivity index (χ4n) is 3.29. The number of hydrazone groups is 1. The van der Waals surface area contributed by atoms with Crippen LogP contribution in [0.25, 0.3) is 16.7 Å². The van der Waals surface area contributed by atoms with E-state index in [1.807, 2.05) is 44.2 Å². The number of hydrogen-bond donors (Lipinski definition) is 1. The maximum Gasteiger partial charge on any atom is 0.272 e. The lowest BCUT2D eigenvalue weighted by Crippen LogP contribution is -2.20. The summed E-state index contributed by atoms with van der Waals surface area (Å²) in [7, 11) is 0. The zero-order valence-corrected chi connectivity index (χ0v) is 16.8. The molecule has 6 nitrogen and oxygen atoms in total. The third-order valence-corrected chi connectivity index (χ3v) is 4.77. The molecule has 0 aliphatic carbocycles. The highest BCUT2D eigenvalue weighted by Gasteiger charge is 2.19. The Morgan fingerprint density at radius 1 is 1.07 bits per heavy atom. The quantitative estimate of drug-likeness (QED) is 0.409. The summed E-state index contributed by atoms with van der Waals surface area (Å²) >= 11 is 0. The average molecular weight is 401 g/mol. The molecule has 4 aromatic rings. The molecule has 0 bridgehead atoms. The van der Waals surface area contributed by atoms with Crippen molar-refractivity contribution in [1.82, 2.24) is 20.2 Å². The molecule has 0 aliphatic rings. The SMILES string of the molecule is C/C(=N/NC(=O)c1cc(C)nc2c1c(C)nn2-c1ccccc1)c1ccc(F)cc1. The highest BCUT2D eigenvalue weighted by atomic mass is 19.1. The molecule has 30 heavy (non-hydrogen) atoms. The minimum absolute atomic E-state index is 0.323. The van der Waals surface area contributed by atoms with E-state index in [-0.39, 0.29) is 11.7 Å². The summed E-state index contributed by atoms with van der Waals surface area (Å²) in [5.74, 6) is -0.682. The zero-order valence-electron chi connectivity index (χ0n) is 16.8. The van der Waals surface area contributed by atoms with Gasteiger partial charge in [0.05, 0.1) is 28.0 Å². The van der Waals surface area contributed by atoms with Gasteiger partial charge in [-0.15, -0.1) is 0 Å². The van der Waals surface area contributed by atoms with E-state index in [9.17, 15) is 9.18 Å². The zero-order chi connectivity index (χ0) is 21.3. The number of pyridine rings is 1. The van der Waals surface area contributed by atoms with Gasteiger partial charge in [0.25, 0.3) is 5.91 Å². The molecule has 0 aliphatic heterocycles. The first-order valence-electron chi connectivity index (χ1n) is 9.47.